The molecule has 0 bridgehead atoms. The lowest BCUT2D eigenvalue weighted by atomic mass is 10.1. The van der Waals surface area contributed by atoms with Gasteiger partial charge in [0.25, 0.3) is 0 Å². The van der Waals surface area contributed by atoms with E-state index in [2.05, 4.69) is 17.3 Å². The second-order valence-corrected chi connectivity index (χ2v) is 6.58. The van der Waals surface area contributed by atoms with Gasteiger partial charge in [-0.3, -0.25) is 4.68 Å². The van der Waals surface area contributed by atoms with Crippen molar-refractivity contribution >= 4 is 11.7 Å². The molecule has 0 atom stereocenters. The summed E-state index contributed by atoms with van der Waals surface area (Å²) in [6.45, 7) is 6.93. The van der Waals surface area contributed by atoms with Crippen LogP contribution in [0.25, 0.3) is 0 Å². The molecule has 0 saturated carbocycles. The van der Waals surface area contributed by atoms with Crippen LogP contribution >= 0.6 is 0 Å². The third-order valence-electron chi connectivity index (χ3n) is 3.42. The quantitative estimate of drug-likeness (QED) is 0.819. The molecule has 2 N–H and O–H groups in total. The maximum atomic E-state index is 12.6. The van der Waals surface area contributed by atoms with E-state index in [4.69, 9.17) is 0 Å². The van der Waals surface area contributed by atoms with Gasteiger partial charge in [0.15, 0.2) is 0 Å². The highest BCUT2D eigenvalue weighted by atomic mass is 16.3. The molecule has 1 heterocycles. The van der Waals surface area contributed by atoms with Gasteiger partial charge < -0.3 is 15.3 Å². The first-order valence-electron chi connectivity index (χ1n) is 8.22. The molecule has 2 aromatic rings. The molecule has 1 aromatic heterocycles. The van der Waals surface area contributed by atoms with E-state index >= 15 is 0 Å². The SMILES string of the molecule is CCCn1cc(NC(=O)N(Cc2ccccc2)CC(C)(C)O)cn1. The topological polar surface area (TPSA) is 70.4 Å². The van der Waals surface area contributed by atoms with E-state index in [1.165, 1.54) is 0 Å². The fraction of sp³-hybridized carbons (Fsp3) is 0.444. The zero-order valence-corrected chi connectivity index (χ0v) is 14.6. The highest BCUT2D eigenvalue weighted by Gasteiger charge is 2.23. The van der Waals surface area contributed by atoms with Gasteiger partial charge in [-0.05, 0) is 25.8 Å². The van der Waals surface area contributed by atoms with Crippen molar-refractivity contribution in [3.8, 4) is 0 Å². The van der Waals surface area contributed by atoms with Crippen LogP contribution in [0.1, 0.15) is 32.8 Å². The number of aromatic nitrogens is 2. The molecule has 6 heteroatoms. The van der Waals surface area contributed by atoms with Crippen molar-refractivity contribution in [2.75, 3.05) is 11.9 Å². The number of rotatable bonds is 7. The molecule has 24 heavy (non-hydrogen) atoms. The van der Waals surface area contributed by atoms with E-state index in [1.54, 1.807) is 29.6 Å². The molecule has 0 aliphatic heterocycles. The summed E-state index contributed by atoms with van der Waals surface area (Å²) in [4.78, 5) is 14.2. The number of nitrogens with zero attached hydrogens (tertiary/aromatic N) is 3. The Morgan fingerprint density at radius 2 is 2.04 bits per heavy atom. The molecule has 6 nitrogen and oxygen atoms in total. The number of urea groups is 1. The summed E-state index contributed by atoms with van der Waals surface area (Å²) in [7, 11) is 0. The second kappa shape index (κ2) is 7.97. The fourth-order valence-electron chi connectivity index (χ4n) is 2.45. The molecule has 0 aliphatic rings. The number of carbonyl (C=O) groups excluding carboxylic acids is 1. The van der Waals surface area contributed by atoms with E-state index in [-0.39, 0.29) is 12.6 Å². The van der Waals surface area contributed by atoms with Gasteiger partial charge >= 0.3 is 6.03 Å². The number of hydrogen-bond donors (Lipinski definition) is 2. The van der Waals surface area contributed by atoms with Crippen molar-refractivity contribution in [2.24, 2.45) is 0 Å². The molecular weight excluding hydrogens is 304 g/mol. The highest BCUT2D eigenvalue weighted by Crippen LogP contribution is 2.13. The molecule has 0 fully saturated rings. The summed E-state index contributed by atoms with van der Waals surface area (Å²) in [6.07, 6.45) is 4.43. The maximum Gasteiger partial charge on any atom is 0.322 e. The first kappa shape index (κ1) is 18.0. The smallest absolute Gasteiger partial charge is 0.322 e. The predicted octanol–water partition coefficient (Wildman–Crippen LogP) is 3.10. The van der Waals surface area contributed by atoms with Crippen molar-refractivity contribution in [3.63, 3.8) is 0 Å². The number of nitrogens with one attached hydrogen (secondary N) is 1. The molecule has 1 aromatic carbocycles. The van der Waals surface area contributed by atoms with E-state index in [9.17, 15) is 9.90 Å². The zero-order chi connectivity index (χ0) is 17.6. The van der Waals surface area contributed by atoms with Gasteiger partial charge in [-0.1, -0.05) is 37.3 Å². The lowest BCUT2D eigenvalue weighted by Gasteiger charge is -2.29. The highest BCUT2D eigenvalue weighted by molar-refractivity contribution is 5.89. The van der Waals surface area contributed by atoms with Crippen LogP contribution in [0.5, 0.6) is 0 Å². The Morgan fingerprint density at radius 3 is 2.67 bits per heavy atom. The molecule has 0 aliphatic carbocycles. The van der Waals surface area contributed by atoms with Gasteiger partial charge in [-0.15, -0.1) is 0 Å². The zero-order valence-electron chi connectivity index (χ0n) is 14.6. The summed E-state index contributed by atoms with van der Waals surface area (Å²) >= 11 is 0. The van der Waals surface area contributed by atoms with Gasteiger partial charge in [-0.2, -0.15) is 5.10 Å². The van der Waals surface area contributed by atoms with Crippen molar-refractivity contribution in [1.82, 2.24) is 14.7 Å². The molecule has 130 valence electrons. The lowest BCUT2D eigenvalue weighted by Crippen LogP contribution is -2.43. The van der Waals surface area contributed by atoms with Crippen LogP contribution in [-0.4, -0.2) is 38.0 Å². The average molecular weight is 330 g/mol. The van der Waals surface area contributed by atoms with Crippen LogP contribution in [0, 0.1) is 0 Å². The van der Waals surface area contributed by atoms with E-state index in [0.29, 0.717) is 12.2 Å². The normalized spacial score (nSPS) is 11.3. The number of hydrogen-bond acceptors (Lipinski definition) is 3. The van der Waals surface area contributed by atoms with E-state index in [0.717, 1.165) is 18.5 Å². The Labute approximate surface area is 143 Å². The number of anilines is 1. The van der Waals surface area contributed by atoms with Crippen molar-refractivity contribution in [1.29, 1.82) is 0 Å². The lowest BCUT2D eigenvalue weighted by molar-refractivity contribution is 0.0469. The molecule has 2 rings (SSSR count). The van der Waals surface area contributed by atoms with Crippen LogP contribution in [-0.2, 0) is 13.1 Å². The molecule has 0 saturated heterocycles. The van der Waals surface area contributed by atoms with Crippen LogP contribution < -0.4 is 5.32 Å². The summed E-state index contributed by atoms with van der Waals surface area (Å²) in [5, 5.41) is 17.2. The standard InChI is InChI=1S/C18H26N4O2/c1-4-10-22-13-16(11-19-22)20-17(23)21(14-18(2,3)24)12-15-8-6-5-7-9-15/h5-9,11,13,24H,4,10,12,14H2,1-3H3,(H,20,23). The van der Waals surface area contributed by atoms with Gasteiger partial charge in [0.1, 0.15) is 0 Å². The summed E-state index contributed by atoms with van der Waals surface area (Å²) < 4.78 is 1.80. The van der Waals surface area contributed by atoms with Gasteiger partial charge in [0, 0.05) is 19.3 Å². The number of amides is 2. The Hall–Kier alpha value is -2.34. The number of benzene rings is 1. The van der Waals surface area contributed by atoms with E-state index in [1.807, 2.05) is 36.5 Å². The Kier molecular flexibility index (Phi) is 5.98. The third kappa shape index (κ3) is 5.70. The third-order valence-corrected chi connectivity index (χ3v) is 3.42. The molecule has 0 unspecified atom stereocenters. The Balaban J connectivity index is 2.08. The largest absolute Gasteiger partial charge is 0.389 e. The Bertz CT molecular complexity index is 647. The van der Waals surface area contributed by atoms with E-state index < -0.39 is 5.60 Å². The summed E-state index contributed by atoms with van der Waals surface area (Å²) in [5.74, 6) is 0. The minimum atomic E-state index is -0.974. The molecule has 0 radical (unpaired) electrons. The minimum absolute atomic E-state index is 0.233. The first-order valence-corrected chi connectivity index (χ1v) is 8.22. The fourth-order valence-corrected chi connectivity index (χ4v) is 2.45. The maximum absolute atomic E-state index is 12.6. The monoisotopic (exact) mass is 330 g/mol. The summed E-state index contributed by atoms with van der Waals surface area (Å²) in [6, 6.07) is 9.48. The van der Waals surface area contributed by atoms with Crippen molar-refractivity contribution in [3.05, 3.63) is 48.3 Å². The van der Waals surface area contributed by atoms with Crippen molar-refractivity contribution in [2.45, 2.75) is 45.9 Å². The number of aryl methyl sites for hydroxylation is 1. The van der Waals surface area contributed by atoms with Crippen LogP contribution in [0.4, 0.5) is 10.5 Å². The minimum Gasteiger partial charge on any atom is -0.389 e. The predicted molar refractivity (Wildman–Crippen MR) is 94.7 cm³/mol. The first-order chi connectivity index (χ1) is 11.4. The molecule has 2 amide bonds. The Morgan fingerprint density at radius 1 is 1.33 bits per heavy atom. The molecule has 0 spiro atoms. The van der Waals surface area contributed by atoms with Crippen molar-refractivity contribution < 1.29 is 9.90 Å². The summed E-state index contributed by atoms with van der Waals surface area (Å²) in [5.41, 5.74) is 0.694. The number of carbonyl (C=O) groups is 1. The van der Waals surface area contributed by atoms with Crippen LogP contribution in [0.3, 0.4) is 0 Å². The van der Waals surface area contributed by atoms with Gasteiger partial charge in [0.2, 0.25) is 0 Å². The second-order valence-electron chi connectivity index (χ2n) is 6.58. The van der Waals surface area contributed by atoms with Gasteiger partial charge in [0.05, 0.1) is 24.0 Å². The van der Waals surface area contributed by atoms with Gasteiger partial charge in [-0.25, -0.2) is 4.79 Å². The number of aliphatic hydroxyl groups is 1. The van der Waals surface area contributed by atoms with Crippen LogP contribution in [0.2, 0.25) is 0 Å². The van der Waals surface area contributed by atoms with Crippen LogP contribution in [0.15, 0.2) is 42.7 Å². The molecular formula is C18H26N4O2. The average Bonchev–Trinajstić information content (AvgIpc) is 2.94.